The highest BCUT2D eigenvalue weighted by molar-refractivity contribution is 5.30. The van der Waals surface area contributed by atoms with Crippen molar-refractivity contribution in [1.82, 2.24) is 5.32 Å². The molecule has 1 saturated carbocycles. The quantitative estimate of drug-likeness (QED) is 0.840. The van der Waals surface area contributed by atoms with E-state index in [9.17, 15) is 0 Å². The van der Waals surface area contributed by atoms with Crippen LogP contribution in [0.4, 0.5) is 0 Å². The van der Waals surface area contributed by atoms with Crippen LogP contribution in [0.15, 0.2) is 24.3 Å². The lowest BCUT2D eigenvalue weighted by atomic mass is 10.1. The molecule has 3 heteroatoms. The van der Waals surface area contributed by atoms with E-state index in [4.69, 9.17) is 10.5 Å². The molecular weight excluding hydrogens is 212 g/mol. The molecule has 1 aliphatic rings. The maximum absolute atomic E-state index is 5.93. The molecule has 94 valence electrons. The van der Waals surface area contributed by atoms with Crippen LogP contribution in [0.2, 0.25) is 0 Å². The average Bonchev–Trinajstić information content (AvgIpc) is 2.75. The Bertz CT molecular complexity index is 367. The van der Waals surface area contributed by atoms with Gasteiger partial charge in [0.1, 0.15) is 5.75 Å². The van der Waals surface area contributed by atoms with Gasteiger partial charge in [-0.2, -0.15) is 0 Å². The fourth-order valence-electron chi connectivity index (χ4n) is 2.53. The molecule has 2 rings (SSSR count). The van der Waals surface area contributed by atoms with Crippen molar-refractivity contribution in [3.63, 3.8) is 0 Å². The maximum atomic E-state index is 5.93. The zero-order valence-corrected chi connectivity index (χ0v) is 10.6. The van der Waals surface area contributed by atoms with Crippen molar-refractivity contribution in [2.75, 3.05) is 7.11 Å². The molecule has 0 amide bonds. The Hall–Kier alpha value is -1.06. The average molecular weight is 234 g/mol. The Morgan fingerprint density at radius 2 is 2.24 bits per heavy atom. The molecule has 0 aromatic heterocycles. The predicted octanol–water partition coefficient (Wildman–Crippen LogP) is 2.23. The van der Waals surface area contributed by atoms with Crippen LogP contribution >= 0.6 is 0 Å². The van der Waals surface area contributed by atoms with Gasteiger partial charge in [0.05, 0.1) is 7.11 Å². The van der Waals surface area contributed by atoms with Gasteiger partial charge in [0.15, 0.2) is 0 Å². The second-order valence-corrected chi connectivity index (χ2v) is 4.94. The number of hydrogen-bond acceptors (Lipinski definition) is 3. The first-order chi connectivity index (χ1) is 8.19. The molecule has 0 bridgehead atoms. The molecule has 1 fully saturated rings. The first-order valence-corrected chi connectivity index (χ1v) is 6.34. The van der Waals surface area contributed by atoms with Crippen molar-refractivity contribution in [2.45, 2.75) is 44.3 Å². The highest BCUT2D eigenvalue weighted by atomic mass is 16.5. The predicted molar refractivity (Wildman–Crippen MR) is 70.2 cm³/mol. The fraction of sp³-hybridized carbons (Fsp3) is 0.571. The number of ether oxygens (including phenoxy) is 1. The second-order valence-electron chi connectivity index (χ2n) is 4.94. The molecule has 1 aliphatic carbocycles. The number of benzene rings is 1. The zero-order chi connectivity index (χ0) is 12.3. The minimum Gasteiger partial charge on any atom is -0.497 e. The SMILES string of the molecule is COc1cccc([C@@H](C)NC2CCC(N)C2)c1. The van der Waals surface area contributed by atoms with Crippen LogP contribution in [0.5, 0.6) is 5.75 Å². The van der Waals surface area contributed by atoms with Crippen LogP contribution in [0.1, 0.15) is 37.8 Å². The Morgan fingerprint density at radius 3 is 2.88 bits per heavy atom. The highest BCUT2D eigenvalue weighted by Gasteiger charge is 2.23. The summed E-state index contributed by atoms with van der Waals surface area (Å²) in [6, 6.07) is 9.52. The fourth-order valence-corrected chi connectivity index (χ4v) is 2.53. The van der Waals surface area contributed by atoms with Crippen LogP contribution in [0.3, 0.4) is 0 Å². The van der Waals surface area contributed by atoms with Crippen LogP contribution < -0.4 is 15.8 Å². The van der Waals surface area contributed by atoms with E-state index in [0.717, 1.165) is 18.6 Å². The minimum atomic E-state index is 0.348. The van der Waals surface area contributed by atoms with Crippen molar-refractivity contribution in [3.05, 3.63) is 29.8 Å². The lowest BCUT2D eigenvalue weighted by Crippen LogP contribution is -2.30. The zero-order valence-electron chi connectivity index (χ0n) is 10.6. The van der Waals surface area contributed by atoms with Gasteiger partial charge in [0, 0.05) is 18.1 Å². The lowest BCUT2D eigenvalue weighted by Gasteiger charge is -2.20. The summed E-state index contributed by atoms with van der Waals surface area (Å²) in [5.74, 6) is 0.916. The molecule has 0 heterocycles. The standard InChI is InChI=1S/C14H22N2O/c1-10(16-13-7-6-12(15)9-13)11-4-3-5-14(8-11)17-2/h3-5,8,10,12-13,16H,6-7,9,15H2,1-2H3/t10-,12?,13?/m1/s1. The van der Waals surface area contributed by atoms with Gasteiger partial charge in [-0.25, -0.2) is 0 Å². The smallest absolute Gasteiger partial charge is 0.119 e. The Morgan fingerprint density at radius 1 is 1.41 bits per heavy atom. The van der Waals surface area contributed by atoms with Gasteiger partial charge in [-0.3, -0.25) is 0 Å². The third-order valence-electron chi connectivity index (χ3n) is 3.55. The van der Waals surface area contributed by atoms with Gasteiger partial charge in [0.2, 0.25) is 0 Å². The van der Waals surface area contributed by atoms with E-state index in [1.165, 1.54) is 12.0 Å². The van der Waals surface area contributed by atoms with Crippen LogP contribution in [0, 0.1) is 0 Å². The monoisotopic (exact) mass is 234 g/mol. The lowest BCUT2D eigenvalue weighted by molar-refractivity contribution is 0.411. The molecule has 3 nitrogen and oxygen atoms in total. The normalized spacial score (nSPS) is 25.8. The van der Waals surface area contributed by atoms with Gasteiger partial charge in [-0.1, -0.05) is 12.1 Å². The molecule has 0 radical (unpaired) electrons. The van der Waals surface area contributed by atoms with Crippen LogP contribution in [-0.2, 0) is 0 Å². The van der Waals surface area contributed by atoms with Crippen molar-refractivity contribution < 1.29 is 4.74 Å². The van der Waals surface area contributed by atoms with Gasteiger partial charge in [-0.15, -0.1) is 0 Å². The van der Waals surface area contributed by atoms with Gasteiger partial charge in [0.25, 0.3) is 0 Å². The highest BCUT2D eigenvalue weighted by Crippen LogP contribution is 2.23. The van der Waals surface area contributed by atoms with E-state index in [2.05, 4.69) is 24.4 Å². The summed E-state index contributed by atoms with van der Waals surface area (Å²) in [4.78, 5) is 0. The van der Waals surface area contributed by atoms with Gasteiger partial charge < -0.3 is 15.8 Å². The summed E-state index contributed by atoms with van der Waals surface area (Å²) in [5.41, 5.74) is 7.19. The molecule has 17 heavy (non-hydrogen) atoms. The molecule has 2 unspecified atom stereocenters. The summed E-state index contributed by atoms with van der Waals surface area (Å²) < 4.78 is 5.24. The number of nitrogens with one attached hydrogen (secondary N) is 1. The molecular formula is C14H22N2O. The van der Waals surface area contributed by atoms with Crippen molar-refractivity contribution in [3.8, 4) is 5.75 Å². The summed E-state index contributed by atoms with van der Waals surface area (Å²) >= 11 is 0. The third kappa shape index (κ3) is 3.20. The number of hydrogen-bond donors (Lipinski definition) is 2. The van der Waals surface area contributed by atoms with E-state index < -0.39 is 0 Å². The molecule has 1 aromatic carbocycles. The topological polar surface area (TPSA) is 47.3 Å². The van der Waals surface area contributed by atoms with Crippen molar-refractivity contribution in [2.24, 2.45) is 5.73 Å². The maximum Gasteiger partial charge on any atom is 0.119 e. The Kier molecular flexibility index (Phi) is 4.02. The van der Waals surface area contributed by atoms with Crippen molar-refractivity contribution >= 4 is 0 Å². The third-order valence-corrected chi connectivity index (χ3v) is 3.55. The molecule has 3 N–H and O–H groups in total. The summed E-state index contributed by atoms with van der Waals surface area (Å²) in [6.45, 7) is 2.19. The van der Waals surface area contributed by atoms with E-state index in [1.54, 1.807) is 7.11 Å². The Balaban J connectivity index is 1.96. The summed E-state index contributed by atoms with van der Waals surface area (Å²) in [7, 11) is 1.70. The van der Waals surface area contributed by atoms with E-state index in [-0.39, 0.29) is 0 Å². The number of rotatable bonds is 4. The Labute approximate surface area is 103 Å². The number of methoxy groups -OCH3 is 1. The molecule has 0 saturated heterocycles. The number of nitrogens with two attached hydrogens (primary N) is 1. The molecule has 0 spiro atoms. The minimum absolute atomic E-state index is 0.348. The van der Waals surface area contributed by atoms with E-state index in [1.807, 2.05) is 12.1 Å². The largest absolute Gasteiger partial charge is 0.497 e. The van der Waals surface area contributed by atoms with E-state index in [0.29, 0.717) is 18.1 Å². The first-order valence-electron chi connectivity index (χ1n) is 6.34. The second kappa shape index (κ2) is 5.52. The first kappa shape index (κ1) is 12.4. The molecule has 0 aliphatic heterocycles. The van der Waals surface area contributed by atoms with Crippen LogP contribution in [0.25, 0.3) is 0 Å². The summed E-state index contributed by atoms with van der Waals surface area (Å²) in [6.07, 6.45) is 3.42. The molecule has 3 atom stereocenters. The summed E-state index contributed by atoms with van der Waals surface area (Å²) in [5, 5.41) is 3.64. The van der Waals surface area contributed by atoms with Crippen LogP contribution in [-0.4, -0.2) is 19.2 Å². The molecule has 1 aromatic rings. The van der Waals surface area contributed by atoms with Gasteiger partial charge >= 0.3 is 0 Å². The van der Waals surface area contributed by atoms with Gasteiger partial charge in [-0.05, 0) is 43.9 Å². The van der Waals surface area contributed by atoms with E-state index >= 15 is 0 Å². The van der Waals surface area contributed by atoms with Crippen molar-refractivity contribution in [1.29, 1.82) is 0 Å².